The van der Waals surface area contributed by atoms with Crippen LogP contribution < -0.4 is 4.90 Å². The Hall–Kier alpha value is -2.97. The normalized spacial score (nSPS) is 34.1. The Bertz CT molecular complexity index is 1150. The number of anilines is 1. The smallest absolute Gasteiger partial charge is 0.249 e. The molecule has 0 bridgehead atoms. The van der Waals surface area contributed by atoms with Crippen molar-refractivity contribution in [2.75, 3.05) is 24.6 Å². The molecule has 2 fully saturated rings. The van der Waals surface area contributed by atoms with Crippen molar-refractivity contribution in [1.29, 1.82) is 0 Å². The number of ether oxygens (including phenoxy) is 1. The molecule has 3 amide bonds. The van der Waals surface area contributed by atoms with Crippen LogP contribution in [0.2, 0.25) is 0 Å². The molecule has 2 saturated heterocycles. The summed E-state index contributed by atoms with van der Waals surface area (Å²) in [6.45, 7) is 8.31. The van der Waals surface area contributed by atoms with Crippen molar-refractivity contribution < 1.29 is 24.2 Å². The maximum atomic E-state index is 14.4. The van der Waals surface area contributed by atoms with Crippen molar-refractivity contribution in [3.63, 3.8) is 0 Å². The quantitative estimate of drug-likeness (QED) is 0.558. The number of amides is 3. The number of hydrogen-bond donors (Lipinski definition) is 1. The minimum atomic E-state index is -1.31. The second-order valence-corrected chi connectivity index (χ2v) is 11.1. The maximum Gasteiger partial charge on any atom is 0.249 e. The van der Waals surface area contributed by atoms with E-state index >= 15 is 0 Å². The largest absolute Gasteiger partial charge is 0.394 e. The zero-order valence-electron chi connectivity index (χ0n) is 22.7. The predicted molar refractivity (Wildman–Crippen MR) is 144 cm³/mol. The van der Waals surface area contributed by atoms with Crippen molar-refractivity contribution in [3.05, 3.63) is 54.6 Å². The van der Waals surface area contributed by atoms with E-state index in [0.29, 0.717) is 19.5 Å². The van der Waals surface area contributed by atoms with E-state index in [9.17, 15) is 19.5 Å². The molecular weight excluding hydrogens is 482 g/mol. The van der Waals surface area contributed by atoms with Crippen LogP contribution in [0.4, 0.5) is 5.69 Å². The summed E-state index contributed by atoms with van der Waals surface area (Å²) in [5, 5.41) is 10.1. The maximum absolute atomic E-state index is 14.4. The number of rotatable bonds is 7. The van der Waals surface area contributed by atoms with Crippen molar-refractivity contribution in [1.82, 2.24) is 9.80 Å². The van der Waals surface area contributed by atoms with Crippen LogP contribution >= 0.6 is 0 Å². The summed E-state index contributed by atoms with van der Waals surface area (Å²) in [5.74, 6) is -2.38. The summed E-state index contributed by atoms with van der Waals surface area (Å²) >= 11 is 0. The number of nitrogens with zero attached hydrogens (tertiary/aromatic N) is 3. The zero-order valence-corrected chi connectivity index (χ0v) is 22.7. The van der Waals surface area contributed by atoms with Gasteiger partial charge in [-0.3, -0.25) is 14.4 Å². The first-order chi connectivity index (χ1) is 18.3. The average Bonchev–Trinajstić information content (AvgIpc) is 3.22. The van der Waals surface area contributed by atoms with Gasteiger partial charge in [0.25, 0.3) is 0 Å². The van der Waals surface area contributed by atoms with Gasteiger partial charge in [0.2, 0.25) is 17.7 Å². The highest BCUT2D eigenvalue weighted by Gasteiger charge is 2.75. The summed E-state index contributed by atoms with van der Waals surface area (Å²) in [6, 6.07) is 7.87. The number of hydrogen-bond acceptors (Lipinski definition) is 5. The minimum absolute atomic E-state index is 0.0187. The molecule has 8 heteroatoms. The van der Waals surface area contributed by atoms with Gasteiger partial charge in [-0.25, -0.2) is 0 Å². The molecule has 204 valence electrons. The highest BCUT2D eigenvalue weighted by molar-refractivity contribution is 6.04. The number of carbonyl (C=O) groups excluding carboxylic acids is 3. The fraction of sp³-hybridized carbons (Fsp3) is 0.567. The standard InChI is InChI=1S/C30H39N3O5/c1-5-12-20(3)31-17-11-16-30-24(27(36)33(21(4)19-34)25(30)28(31)37)23-26(35)32(22-13-8-7-9-14-22)18-10-15-29(23,6-2)38-30/h7-11,13-16,20-21,23-25,34H,5-6,12,17-19H2,1-4H3/t20?,21-,23-,24+,25?,29+,30+/m1/s1. The number of aliphatic hydroxyl groups excluding tert-OH is 1. The Morgan fingerprint density at radius 3 is 2.32 bits per heavy atom. The van der Waals surface area contributed by atoms with E-state index in [-0.39, 0.29) is 30.4 Å². The molecule has 0 saturated carbocycles. The molecule has 0 radical (unpaired) electrons. The number of likely N-dealkylation sites (tertiary alicyclic amines) is 1. The van der Waals surface area contributed by atoms with Crippen LogP contribution in [0.3, 0.4) is 0 Å². The van der Waals surface area contributed by atoms with Gasteiger partial charge in [0, 0.05) is 24.8 Å². The number of para-hydroxylation sites is 1. The molecule has 4 heterocycles. The highest BCUT2D eigenvalue weighted by atomic mass is 16.5. The van der Waals surface area contributed by atoms with E-state index < -0.39 is 35.1 Å². The van der Waals surface area contributed by atoms with E-state index in [2.05, 4.69) is 6.92 Å². The van der Waals surface area contributed by atoms with Crippen LogP contribution in [0.25, 0.3) is 0 Å². The van der Waals surface area contributed by atoms with Crippen molar-refractivity contribution >= 4 is 23.4 Å². The summed E-state index contributed by atoms with van der Waals surface area (Å²) in [6.07, 6.45) is 9.93. The number of fused-ring (bicyclic) bond motifs is 2. The molecule has 5 rings (SSSR count). The van der Waals surface area contributed by atoms with Crippen LogP contribution in [0.5, 0.6) is 0 Å². The van der Waals surface area contributed by atoms with Gasteiger partial charge in [0.1, 0.15) is 11.6 Å². The average molecular weight is 522 g/mol. The Labute approximate surface area is 224 Å². The fourth-order valence-corrected chi connectivity index (χ4v) is 7.09. The first-order valence-corrected chi connectivity index (χ1v) is 13.9. The molecule has 38 heavy (non-hydrogen) atoms. The number of carbonyl (C=O) groups is 3. The third kappa shape index (κ3) is 3.75. The van der Waals surface area contributed by atoms with E-state index in [4.69, 9.17) is 4.74 Å². The second kappa shape index (κ2) is 9.97. The molecule has 1 aromatic rings. The minimum Gasteiger partial charge on any atom is -0.394 e. The molecule has 1 aromatic carbocycles. The van der Waals surface area contributed by atoms with Gasteiger partial charge in [-0.05, 0) is 38.8 Å². The fourth-order valence-electron chi connectivity index (χ4n) is 7.09. The van der Waals surface area contributed by atoms with Gasteiger partial charge in [0.15, 0.2) is 0 Å². The third-order valence-corrected chi connectivity index (χ3v) is 8.95. The van der Waals surface area contributed by atoms with Crippen molar-refractivity contribution in [2.24, 2.45) is 11.8 Å². The lowest BCUT2D eigenvalue weighted by Gasteiger charge is -2.41. The van der Waals surface area contributed by atoms with Crippen molar-refractivity contribution in [3.8, 4) is 0 Å². The van der Waals surface area contributed by atoms with Gasteiger partial charge in [-0.15, -0.1) is 0 Å². The lowest BCUT2D eigenvalue weighted by Crippen LogP contribution is -2.59. The third-order valence-electron chi connectivity index (χ3n) is 8.95. The topological polar surface area (TPSA) is 90.4 Å². The molecule has 0 aromatic heterocycles. The summed E-state index contributed by atoms with van der Waals surface area (Å²) in [7, 11) is 0. The highest BCUT2D eigenvalue weighted by Crippen LogP contribution is 2.59. The van der Waals surface area contributed by atoms with E-state index in [1.165, 1.54) is 4.90 Å². The second-order valence-electron chi connectivity index (χ2n) is 11.1. The lowest BCUT2D eigenvalue weighted by molar-refractivity contribution is -0.156. The van der Waals surface area contributed by atoms with E-state index in [1.54, 1.807) is 11.8 Å². The molecule has 4 aliphatic heterocycles. The van der Waals surface area contributed by atoms with Gasteiger partial charge in [-0.1, -0.05) is 62.8 Å². The summed E-state index contributed by atoms with van der Waals surface area (Å²) in [5.41, 5.74) is -1.58. The van der Waals surface area contributed by atoms with Crippen LogP contribution in [-0.2, 0) is 19.1 Å². The monoisotopic (exact) mass is 521 g/mol. The SMILES string of the molecule is CCCC(C)N1CC=C[C@]23O[C@@]4(CC)C=CCN(c5ccccc5)C(=O)[C@H]4[C@H]2C(=O)N([C@H](C)CO)C3C1=O. The summed E-state index contributed by atoms with van der Waals surface area (Å²) in [4.78, 5) is 48.1. The van der Waals surface area contributed by atoms with Gasteiger partial charge in [-0.2, -0.15) is 0 Å². The van der Waals surface area contributed by atoms with Gasteiger partial charge < -0.3 is 24.5 Å². The first kappa shape index (κ1) is 26.6. The van der Waals surface area contributed by atoms with Crippen LogP contribution in [0.15, 0.2) is 54.6 Å². The Morgan fingerprint density at radius 2 is 1.66 bits per heavy atom. The molecule has 0 aliphatic carbocycles. The summed E-state index contributed by atoms with van der Waals surface area (Å²) < 4.78 is 6.97. The molecule has 8 nitrogen and oxygen atoms in total. The zero-order chi connectivity index (χ0) is 27.2. The first-order valence-electron chi connectivity index (χ1n) is 13.9. The van der Waals surface area contributed by atoms with Crippen molar-refractivity contribution in [2.45, 2.75) is 76.3 Å². The molecule has 1 spiro atoms. The Balaban J connectivity index is 1.66. The molecule has 2 unspecified atom stereocenters. The Morgan fingerprint density at radius 1 is 0.947 bits per heavy atom. The lowest BCUT2D eigenvalue weighted by atomic mass is 9.73. The number of aliphatic hydroxyl groups is 1. The molecular formula is C30H39N3O5. The van der Waals surface area contributed by atoms with Crippen LogP contribution in [-0.4, -0.2) is 81.7 Å². The van der Waals surface area contributed by atoms with Gasteiger partial charge in [0.05, 0.1) is 30.1 Å². The predicted octanol–water partition coefficient (Wildman–Crippen LogP) is 2.92. The molecule has 7 atom stereocenters. The van der Waals surface area contributed by atoms with E-state index in [0.717, 1.165) is 18.5 Å². The van der Waals surface area contributed by atoms with Crippen LogP contribution in [0, 0.1) is 11.8 Å². The molecule has 1 N–H and O–H groups in total. The van der Waals surface area contributed by atoms with Crippen LogP contribution in [0.1, 0.15) is 47.0 Å². The number of benzene rings is 1. The van der Waals surface area contributed by atoms with Gasteiger partial charge >= 0.3 is 0 Å². The Kier molecular flexibility index (Phi) is 6.99. The molecule has 4 aliphatic rings. The van der Waals surface area contributed by atoms with E-state index in [1.807, 2.05) is 73.4 Å².